The predicted octanol–water partition coefficient (Wildman–Crippen LogP) is 5.54. The maximum atomic E-state index is 14.1. The van der Waals surface area contributed by atoms with E-state index in [1.54, 1.807) is 24.5 Å². The van der Waals surface area contributed by atoms with E-state index in [0.717, 1.165) is 43.4 Å². The Morgan fingerprint density at radius 2 is 1.76 bits per heavy atom. The van der Waals surface area contributed by atoms with Crippen LogP contribution < -0.4 is 16.4 Å². The molecule has 1 saturated carbocycles. The van der Waals surface area contributed by atoms with Crippen molar-refractivity contribution in [3.05, 3.63) is 71.9 Å². The number of rotatable bonds is 6. The SMILES string of the molecule is CC(C)(F)C(=O)N[C@@H]1CCCC(c2nc(-c3ccc(C(=O)Nc4cc(C(F)(F)F)ccn4)cc3)c3c(N)nccn23)C1. The van der Waals surface area contributed by atoms with Gasteiger partial charge in [0.15, 0.2) is 5.67 Å². The van der Waals surface area contributed by atoms with Crippen LogP contribution in [0.3, 0.4) is 0 Å². The molecule has 9 nitrogen and oxygen atoms in total. The molecule has 5 rings (SSSR count). The minimum Gasteiger partial charge on any atom is -0.382 e. The van der Waals surface area contributed by atoms with Crippen molar-refractivity contribution in [1.29, 1.82) is 0 Å². The predicted molar refractivity (Wildman–Crippen MR) is 148 cm³/mol. The Balaban J connectivity index is 1.40. The van der Waals surface area contributed by atoms with E-state index in [4.69, 9.17) is 10.7 Å². The number of pyridine rings is 1. The first-order chi connectivity index (χ1) is 19.8. The third kappa shape index (κ3) is 6.04. The fourth-order valence-corrected chi connectivity index (χ4v) is 5.13. The van der Waals surface area contributed by atoms with Gasteiger partial charge in [-0.2, -0.15) is 13.2 Å². The van der Waals surface area contributed by atoms with Gasteiger partial charge >= 0.3 is 6.18 Å². The van der Waals surface area contributed by atoms with Crippen LogP contribution in [0.15, 0.2) is 55.0 Å². The average molecular weight is 584 g/mol. The lowest BCUT2D eigenvalue weighted by Crippen LogP contribution is -2.46. The van der Waals surface area contributed by atoms with Crippen LogP contribution in [-0.2, 0) is 11.0 Å². The number of carbonyl (C=O) groups is 2. The van der Waals surface area contributed by atoms with Gasteiger partial charge in [-0.05, 0) is 57.4 Å². The van der Waals surface area contributed by atoms with Crippen LogP contribution in [0.25, 0.3) is 16.8 Å². The smallest absolute Gasteiger partial charge is 0.382 e. The number of nitrogens with two attached hydrogens (primary N) is 1. The molecule has 3 heterocycles. The van der Waals surface area contributed by atoms with Gasteiger partial charge in [0.25, 0.3) is 11.8 Å². The summed E-state index contributed by atoms with van der Waals surface area (Å²) in [5.74, 6) is -0.562. The number of fused-ring (bicyclic) bond motifs is 1. The molecule has 220 valence electrons. The van der Waals surface area contributed by atoms with Gasteiger partial charge in [-0.25, -0.2) is 19.3 Å². The molecule has 1 unspecified atom stereocenters. The van der Waals surface area contributed by atoms with E-state index in [1.165, 1.54) is 26.0 Å². The maximum absolute atomic E-state index is 14.1. The number of nitrogens with one attached hydrogen (secondary N) is 2. The quantitative estimate of drug-likeness (QED) is 0.256. The highest BCUT2D eigenvalue weighted by Crippen LogP contribution is 2.37. The van der Waals surface area contributed by atoms with Crippen LogP contribution in [0.2, 0.25) is 0 Å². The zero-order valence-electron chi connectivity index (χ0n) is 22.9. The van der Waals surface area contributed by atoms with Gasteiger partial charge in [-0.15, -0.1) is 0 Å². The normalized spacial score (nSPS) is 17.7. The summed E-state index contributed by atoms with van der Waals surface area (Å²) in [4.78, 5) is 37.9. The van der Waals surface area contributed by atoms with Gasteiger partial charge in [0.05, 0.1) is 5.56 Å². The van der Waals surface area contributed by atoms with Gasteiger partial charge in [0.1, 0.15) is 28.7 Å². The third-order valence-electron chi connectivity index (χ3n) is 7.27. The largest absolute Gasteiger partial charge is 0.416 e. The number of anilines is 2. The molecule has 1 aliphatic rings. The van der Waals surface area contributed by atoms with E-state index in [1.807, 2.05) is 4.40 Å². The van der Waals surface area contributed by atoms with E-state index in [0.29, 0.717) is 23.2 Å². The molecular weight excluding hydrogens is 554 g/mol. The molecule has 42 heavy (non-hydrogen) atoms. The van der Waals surface area contributed by atoms with Crippen molar-refractivity contribution in [2.45, 2.75) is 63.3 Å². The van der Waals surface area contributed by atoms with E-state index in [9.17, 15) is 27.2 Å². The van der Waals surface area contributed by atoms with E-state index in [-0.39, 0.29) is 29.2 Å². The number of hydrogen-bond acceptors (Lipinski definition) is 6. The van der Waals surface area contributed by atoms with Gasteiger partial charge < -0.3 is 16.4 Å². The number of carbonyl (C=O) groups excluding carboxylic acids is 2. The van der Waals surface area contributed by atoms with Crippen LogP contribution >= 0.6 is 0 Å². The molecule has 2 atom stereocenters. The fraction of sp³-hybridized carbons (Fsp3) is 0.345. The second kappa shape index (κ2) is 11.0. The van der Waals surface area contributed by atoms with Gasteiger partial charge in [0.2, 0.25) is 0 Å². The summed E-state index contributed by atoms with van der Waals surface area (Å²) in [6, 6.07) is 7.77. The molecule has 0 aliphatic heterocycles. The van der Waals surface area contributed by atoms with E-state index >= 15 is 0 Å². The highest BCUT2D eigenvalue weighted by Gasteiger charge is 2.33. The lowest BCUT2D eigenvalue weighted by molar-refractivity contribution is -0.137. The van der Waals surface area contributed by atoms with Crippen molar-refractivity contribution in [2.24, 2.45) is 0 Å². The topological polar surface area (TPSA) is 127 Å². The lowest BCUT2D eigenvalue weighted by atomic mass is 9.85. The summed E-state index contributed by atoms with van der Waals surface area (Å²) in [7, 11) is 0. The number of nitrogens with zero attached hydrogens (tertiary/aromatic N) is 4. The number of alkyl halides is 4. The summed E-state index contributed by atoms with van der Waals surface area (Å²) in [5, 5.41) is 5.20. The first-order valence-electron chi connectivity index (χ1n) is 13.4. The number of aromatic nitrogens is 4. The summed E-state index contributed by atoms with van der Waals surface area (Å²) >= 11 is 0. The first-order valence-corrected chi connectivity index (χ1v) is 13.4. The summed E-state index contributed by atoms with van der Waals surface area (Å²) in [5.41, 5.74) is 5.33. The van der Waals surface area contributed by atoms with Crippen molar-refractivity contribution in [3.63, 3.8) is 0 Å². The number of halogens is 4. The molecule has 0 bridgehead atoms. The standard InChI is InChI=1S/C29H29F4N7O2/c1-28(2,30)27(42)37-20-5-3-4-18(14-20)25-39-22(23-24(34)36-12-13-40(23)25)16-6-8-17(9-7-16)26(41)38-21-15-19(10-11-35-21)29(31,32)33/h6-13,15,18,20H,3-5,14H2,1-2H3,(H2,34,36)(H,37,42)(H,35,38,41)/t18?,20-/m1/s1. The molecule has 4 aromatic rings. The highest BCUT2D eigenvalue weighted by atomic mass is 19.4. The summed E-state index contributed by atoms with van der Waals surface area (Å²) < 4.78 is 55.0. The molecule has 0 spiro atoms. The Labute approximate surface area is 238 Å². The van der Waals surface area contributed by atoms with Crippen LogP contribution in [0, 0.1) is 0 Å². The zero-order chi connectivity index (χ0) is 30.2. The molecule has 3 aromatic heterocycles. The molecule has 0 radical (unpaired) electrons. The Hall–Kier alpha value is -4.55. The number of imidazole rings is 1. The van der Waals surface area contributed by atoms with Crippen molar-refractivity contribution in [3.8, 4) is 11.3 Å². The Kier molecular flexibility index (Phi) is 7.60. The number of nitrogen functional groups attached to an aromatic ring is 1. The number of hydrogen-bond donors (Lipinski definition) is 3. The molecular formula is C29H29F4N7O2. The van der Waals surface area contributed by atoms with E-state index in [2.05, 4.69) is 20.6 Å². The third-order valence-corrected chi connectivity index (χ3v) is 7.27. The monoisotopic (exact) mass is 583 g/mol. The first kappa shape index (κ1) is 29.0. The Morgan fingerprint density at radius 1 is 1.02 bits per heavy atom. The van der Waals surface area contributed by atoms with Crippen molar-refractivity contribution in [2.75, 3.05) is 11.1 Å². The highest BCUT2D eigenvalue weighted by molar-refractivity contribution is 6.04. The second-order valence-electron chi connectivity index (χ2n) is 10.8. The van der Waals surface area contributed by atoms with Crippen LogP contribution in [0.1, 0.15) is 67.2 Å². The molecule has 1 fully saturated rings. The molecule has 1 aliphatic carbocycles. The van der Waals surface area contributed by atoms with Gasteiger partial charge in [-0.3, -0.25) is 14.0 Å². The van der Waals surface area contributed by atoms with Crippen LogP contribution in [0.4, 0.5) is 29.2 Å². The second-order valence-corrected chi connectivity index (χ2v) is 10.8. The number of amides is 2. The minimum absolute atomic E-state index is 0.0418. The van der Waals surface area contributed by atoms with E-state index < -0.39 is 29.2 Å². The lowest BCUT2D eigenvalue weighted by Gasteiger charge is -2.30. The summed E-state index contributed by atoms with van der Waals surface area (Å²) in [6.45, 7) is 2.45. The molecule has 1 aromatic carbocycles. The van der Waals surface area contributed by atoms with Gasteiger partial charge in [-0.1, -0.05) is 18.6 Å². The molecule has 0 saturated heterocycles. The Morgan fingerprint density at radius 3 is 2.45 bits per heavy atom. The fourth-order valence-electron chi connectivity index (χ4n) is 5.13. The average Bonchev–Trinajstić information content (AvgIpc) is 3.33. The minimum atomic E-state index is -4.56. The Bertz CT molecular complexity index is 1630. The van der Waals surface area contributed by atoms with Crippen molar-refractivity contribution < 1.29 is 27.2 Å². The van der Waals surface area contributed by atoms with Crippen molar-refractivity contribution >= 4 is 29.0 Å². The molecule has 13 heteroatoms. The molecule has 4 N–H and O–H groups in total. The summed E-state index contributed by atoms with van der Waals surface area (Å²) in [6.07, 6.45) is 2.68. The maximum Gasteiger partial charge on any atom is 0.416 e. The van der Waals surface area contributed by atoms with Crippen LogP contribution in [-0.4, -0.2) is 42.9 Å². The molecule has 2 amide bonds. The zero-order valence-corrected chi connectivity index (χ0v) is 22.9. The van der Waals surface area contributed by atoms with Crippen molar-refractivity contribution in [1.82, 2.24) is 24.7 Å². The van der Waals surface area contributed by atoms with Crippen LogP contribution in [0.5, 0.6) is 0 Å². The van der Waals surface area contributed by atoms with Gasteiger partial charge in [0, 0.05) is 41.7 Å². The number of benzene rings is 1.